The van der Waals surface area contributed by atoms with Crippen LogP contribution < -0.4 is 10.1 Å². The molecule has 1 amide bonds. The second kappa shape index (κ2) is 8.75. The van der Waals surface area contributed by atoms with Crippen molar-refractivity contribution in [3.05, 3.63) is 59.0 Å². The van der Waals surface area contributed by atoms with Gasteiger partial charge in [-0.25, -0.2) is 4.39 Å². The molecule has 2 aromatic carbocycles. The Labute approximate surface area is 211 Å². The predicted octanol–water partition coefficient (Wildman–Crippen LogP) is 3.60. The molecule has 0 saturated heterocycles. The molecule has 4 N–H and O–H groups in total. The number of nitrogens with one attached hydrogen (secondary N) is 1. The van der Waals surface area contributed by atoms with Gasteiger partial charge in [0, 0.05) is 28.1 Å². The Hall–Kier alpha value is -3.08. The predicted molar refractivity (Wildman–Crippen MR) is 130 cm³/mol. The Bertz CT molecular complexity index is 1380. The summed E-state index contributed by atoms with van der Waals surface area (Å²) in [5.74, 6) is -1.08. The van der Waals surface area contributed by atoms with E-state index < -0.39 is 47.8 Å². The van der Waals surface area contributed by atoms with Crippen LogP contribution in [0.5, 0.6) is 5.75 Å². The standard InChI is InChI=1S/C27H29F3N2O5/c1-25(2,14-34)23-8-16-7-20(19(28)10-21(16)32(23)12-18(35)13-33)31-24(36)26(5-6-26)17-4-3-15-11-27(29,30)37-22(15)9-17/h3-4,7-10,18,33-35H,5-6,11-14H2,1-2H3,(H,31,36)/t18-/m1/s1. The van der Waals surface area contributed by atoms with Crippen molar-refractivity contribution < 1.29 is 38.0 Å². The maximum absolute atomic E-state index is 15.3. The van der Waals surface area contributed by atoms with Crippen LogP contribution in [0, 0.1) is 5.82 Å². The minimum absolute atomic E-state index is 0.00747. The van der Waals surface area contributed by atoms with Crippen molar-refractivity contribution in [3.63, 3.8) is 0 Å². The first-order chi connectivity index (χ1) is 17.4. The number of halogens is 3. The number of ether oxygens (including phenoxy) is 1. The van der Waals surface area contributed by atoms with E-state index in [1.165, 1.54) is 18.2 Å². The normalized spacial score (nSPS) is 18.4. The Morgan fingerprint density at radius 2 is 1.92 bits per heavy atom. The van der Waals surface area contributed by atoms with Gasteiger partial charge in [-0.2, -0.15) is 8.78 Å². The van der Waals surface area contributed by atoms with Crippen LogP contribution in [-0.4, -0.2) is 51.2 Å². The van der Waals surface area contributed by atoms with E-state index in [0.29, 0.717) is 40.6 Å². The van der Waals surface area contributed by atoms with Crippen LogP contribution in [0.3, 0.4) is 0 Å². The lowest BCUT2D eigenvalue weighted by Gasteiger charge is -2.25. The number of hydrogen-bond donors (Lipinski definition) is 4. The fraction of sp³-hybridized carbons (Fsp3) is 0.444. The molecule has 0 bridgehead atoms. The number of rotatable bonds is 8. The van der Waals surface area contributed by atoms with E-state index in [0.717, 1.165) is 0 Å². The van der Waals surface area contributed by atoms with E-state index in [-0.39, 0.29) is 24.6 Å². The zero-order valence-electron chi connectivity index (χ0n) is 20.5. The summed E-state index contributed by atoms with van der Waals surface area (Å²) in [6.45, 7) is 2.91. The van der Waals surface area contributed by atoms with Gasteiger partial charge in [0.2, 0.25) is 5.91 Å². The van der Waals surface area contributed by atoms with Crippen LogP contribution in [0.15, 0.2) is 36.4 Å². The van der Waals surface area contributed by atoms with Gasteiger partial charge in [0.1, 0.15) is 11.6 Å². The van der Waals surface area contributed by atoms with Crippen molar-refractivity contribution in [2.45, 2.75) is 62.7 Å². The lowest BCUT2D eigenvalue weighted by Crippen LogP contribution is -2.29. The lowest BCUT2D eigenvalue weighted by molar-refractivity contribution is -0.159. The van der Waals surface area contributed by atoms with Crippen LogP contribution in [-0.2, 0) is 28.6 Å². The summed E-state index contributed by atoms with van der Waals surface area (Å²) in [4.78, 5) is 13.3. The first-order valence-corrected chi connectivity index (χ1v) is 12.1. The monoisotopic (exact) mass is 518 g/mol. The fourth-order valence-corrected chi connectivity index (χ4v) is 5.01. The molecule has 1 aliphatic heterocycles. The van der Waals surface area contributed by atoms with Crippen LogP contribution >= 0.6 is 0 Å². The van der Waals surface area contributed by atoms with Gasteiger partial charge >= 0.3 is 6.11 Å². The van der Waals surface area contributed by atoms with Gasteiger partial charge in [0.15, 0.2) is 0 Å². The summed E-state index contributed by atoms with van der Waals surface area (Å²) >= 11 is 0. The maximum atomic E-state index is 15.3. The van der Waals surface area contributed by atoms with E-state index in [1.807, 2.05) is 0 Å². The second-order valence-electron chi connectivity index (χ2n) is 10.7. The lowest BCUT2D eigenvalue weighted by atomic mass is 9.90. The van der Waals surface area contributed by atoms with Gasteiger partial charge in [-0.05, 0) is 36.6 Å². The molecule has 37 heavy (non-hydrogen) atoms. The number of anilines is 1. The summed E-state index contributed by atoms with van der Waals surface area (Å²) in [6.07, 6.45) is -3.90. The molecule has 198 valence electrons. The molecule has 1 aliphatic carbocycles. The molecule has 3 aromatic rings. The number of benzene rings is 2. The van der Waals surface area contributed by atoms with Gasteiger partial charge in [0.05, 0.1) is 48.9 Å². The molecular formula is C27H29F3N2O5. The van der Waals surface area contributed by atoms with Crippen molar-refractivity contribution in [1.82, 2.24) is 4.57 Å². The quantitative estimate of drug-likeness (QED) is 0.365. The van der Waals surface area contributed by atoms with E-state index in [2.05, 4.69) is 5.32 Å². The maximum Gasteiger partial charge on any atom is 0.402 e. The summed E-state index contributed by atoms with van der Waals surface area (Å²) in [5, 5.41) is 32.5. The summed E-state index contributed by atoms with van der Waals surface area (Å²) in [7, 11) is 0. The summed E-state index contributed by atoms with van der Waals surface area (Å²) in [5.41, 5.74) is 0.266. The van der Waals surface area contributed by atoms with Gasteiger partial charge in [-0.3, -0.25) is 4.79 Å². The molecule has 1 atom stereocenters. The molecule has 2 aliphatic rings. The van der Waals surface area contributed by atoms with Crippen molar-refractivity contribution in [1.29, 1.82) is 0 Å². The van der Waals surface area contributed by atoms with Crippen LogP contribution in [0.1, 0.15) is 43.5 Å². The molecule has 1 aromatic heterocycles. The third kappa shape index (κ3) is 4.47. The number of carbonyl (C=O) groups excluding carboxylic acids is 1. The van der Waals surface area contributed by atoms with Crippen molar-refractivity contribution in [2.24, 2.45) is 0 Å². The largest absolute Gasteiger partial charge is 0.432 e. The van der Waals surface area contributed by atoms with Crippen molar-refractivity contribution in [3.8, 4) is 5.75 Å². The molecule has 7 nitrogen and oxygen atoms in total. The van der Waals surface area contributed by atoms with Crippen LogP contribution in [0.25, 0.3) is 10.9 Å². The van der Waals surface area contributed by atoms with Gasteiger partial charge in [-0.1, -0.05) is 26.0 Å². The third-order valence-electron chi connectivity index (χ3n) is 7.39. The molecule has 0 unspecified atom stereocenters. The van der Waals surface area contributed by atoms with Crippen molar-refractivity contribution in [2.75, 3.05) is 18.5 Å². The number of hydrogen-bond acceptors (Lipinski definition) is 5. The minimum atomic E-state index is -3.27. The molecule has 10 heteroatoms. The number of carbonyl (C=O) groups is 1. The average Bonchev–Trinajstić information content (AvgIpc) is 3.50. The van der Waals surface area contributed by atoms with Crippen molar-refractivity contribution >= 4 is 22.5 Å². The second-order valence-corrected chi connectivity index (χ2v) is 10.7. The number of aliphatic hydroxyl groups excluding tert-OH is 3. The number of amides is 1. The number of aromatic nitrogens is 1. The zero-order valence-corrected chi connectivity index (χ0v) is 20.5. The SMILES string of the molecule is CC(C)(CO)c1cc2cc(NC(=O)C3(c4ccc5c(c4)OC(F)(F)C5)CC3)c(F)cc2n1C[C@@H](O)CO. The average molecular weight is 519 g/mol. The van der Waals surface area contributed by atoms with Gasteiger partial charge in [0.25, 0.3) is 0 Å². The fourth-order valence-electron chi connectivity index (χ4n) is 5.01. The molecule has 2 heterocycles. The zero-order chi connectivity index (χ0) is 26.8. The number of aliphatic hydroxyl groups is 3. The molecule has 5 rings (SSSR count). The Kier molecular flexibility index (Phi) is 6.04. The smallest absolute Gasteiger partial charge is 0.402 e. The summed E-state index contributed by atoms with van der Waals surface area (Å²) < 4.78 is 48.9. The highest BCUT2D eigenvalue weighted by molar-refractivity contribution is 6.02. The van der Waals surface area contributed by atoms with Gasteiger partial charge in [-0.15, -0.1) is 0 Å². The molecule has 0 radical (unpaired) electrons. The highest BCUT2D eigenvalue weighted by Gasteiger charge is 2.52. The summed E-state index contributed by atoms with van der Waals surface area (Å²) in [6, 6.07) is 9.15. The Morgan fingerprint density at radius 3 is 2.57 bits per heavy atom. The molecule has 0 spiro atoms. The topological polar surface area (TPSA) is 104 Å². The van der Waals surface area contributed by atoms with E-state index in [4.69, 9.17) is 4.74 Å². The molecule has 1 saturated carbocycles. The van der Waals surface area contributed by atoms with Crippen LogP contribution in [0.4, 0.5) is 18.9 Å². The number of fused-ring (bicyclic) bond motifs is 2. The highest BCUT2D eigenvalue weighted by atomic mass is 19.3. The first-order valence-electron chi connectivity index (χ1n) is 12.1. The Morgan fingerprint density at radius 1 is 1.19 bits per heavy atom. The Balaban J connectivity index is 1.46. The first kappa shape index (κ1) is 25.6. The number of nitrogens with zero attached hydrogens (tertiary/aromatic N) is 1. The van der Waals surface area contributed by atoms with E-state index in [1.54, 1.807) is 36.6 Å². The third-order valence-corrected chi connectivity index (χ3v) is 7.39. The molecular weight excluding hydrogens is 489 g/mol. The van der Waals surface area contributed by atoms with Gasteiger partial charge < -0.3 is 29.9 Å². The van der Waals surface area contributed by atoms with E-state index >= 15 is 4.39 Å². The minimum Gasteiger partial charge on any atom is -0.432 e. The highest BCUT2D eigenvalue weighted by Crippen LogP contribution is 2.51. The number of alkyl halides is 2. The molecule has 1 fully saturated rings. The van der Waals surface area contributed by atoms with E-state index in [9.17, 15) is 28.9 Å². The van der Waals surface area contributed by atoms with Crippen LogP contribution in [0.2, 0.25) is 0 Å².